The molecular weight excluding hydrogens is 432 g/mol. The van der Waals surface area contributed by atoms with Crippen molar-refractivity contribution in [2.24, 2.45) is 5.10 Å². The third-order valence-electron chi connectivity index (χ3n) is 3.99. The fraction of sp³-hybridized carbons (Fsp3) is 0.100. The molecule has 0 heterocycles. The standard InChI is InChI=1S/C20H16BrClN2O3/c1-27-15-4-6-18(22)13(9-15)10-20(26)24-23-11-17-16-5-3-14(21)8-12(16)2-7-19(17)25/h2-9,11,25H,10H2,1H3,(H,24,26)/b23-11+. The van der Waals surface area contributed by atoms with Crippen LogP contribution >= 0.6 is 27.5 Å². The van der Waals surface area contributed by atoms with Crippen LogP contribution in [0.2, 0.25) is 5.02 Å². The van der Waals surface area contributed by atoms with Crippen LogP contribution in [0.4, 0.5) is 0 Å². The van der Waals surface area contributed by atoms with Gasteiger partial charge in [-0.15, -0.1) is 0 Å². The largest absolute Gasteiger partial charge is 0.507 e. The van der Waals surface area contributed by atoms with E-state index in [0.717, 1.165) is 15.2 Å². The number of methoxy groups -OCH3 is 1. The SMILES string of the molecule is COc1ccc(Cl)c(CC(=O)N/N=C/c2c(O)ccc3cc(Br)ccc23)c1. The average Bonchev–Trinajstić information content (AvgIpc) is 2.65. The summed E-state index contributed by atoms with van der Waals surface area (Å²) in [6, 6.07) is 14.2. The molecule has 0 atom stereocenters. The molecule has 0 aliphatic heterocycles. The molecule has 0 saturated heterocycles. The van der Waals surface area contributed by atoms with Gasteiger partial charge in [-0.25, -0.2) is 5.43 Å². The lowest BCUT2D eigenvalue weighted by molar-refractivity contribution is -0.120. The molecule has 5 nitrogen and oxygen atoms in total. The molecule has 0 aliphatic rings. The van der Waals surface area contributed by atoms with Crippen LogP contribution in [0, 0.1) is 0 Å². The number of nitrogens with one attached hydrogen (secondary N) is 1. The Morgan fingerprint density at radius 1 is 1.26 bits per heavy atom. The third-order valence-corrected chi connectivity index (χ3v) is 4.85. The van der Waals surface area contributed by atoms with Crippen molar-refractivity contribution in [1.29, 1.82) is 0 Å². The summed E-state index contributed by atoms with van der Waals surface area (Å²) in [5.74, 6) is 0.375. The first kappa shape index (κ1) is 19.2. The molecule has 3 aromatic carbocycles. The Hall–Kier alpha value is -2.57. The normalized spacial score (nSPS) is 11.1. The van der Waals surface area contributed by atoms with Crippen molar-refractivity contribution in [2.75, 3.05) is 7.11 Å². The summed E-state index contributed by atoms with van der Waals surface area (Å²) in [5, 5.41) is 16.3. The number of hydrazone groups is 1. The Morgan fingerprint density at radius 3 is 2.85 bits per heavy atom. The quantitative estimate of drug-likeness (QED) is 0.441. The van der Waals surface area contributed by atoms with Gasteiger partial charge in [0.2, 0.25) is 5.91 Å². The highest BCUT2D eigenvalue weighted by molar-refractivity contribution is 9.10. The Labute approximate surface area is 169 Å². The van der Waals surface area contributed by atoms with Gasteiger partial charge in [-0.05, 0) is 52.7 Å². The van der Waals surface area contributed by atoms with Crippen LogP contribution in [-0.2, 0) is 11.2 Å². The van der Waals surface area contributed by atoms with Crippen LogP contribution in [0.3, 0.4) is 0 Å². The van der Waals surface area contributed by atoms with Gasteiger partial charge in [-0.3, -0.25) is 4.79 Å². The number of fused-ring (bicyclic) bond motifs is 1. The molecule has 1 amide bonds. The number of ether oxygens (including phenoxy) is 1. The van der Waals surface area contributed by atoms with Crippen LogP contribution in [0.15, 0.2) is 58.1 Å². The minimum absolute atomic E-state index is 0.0574. The fourth-order valence-electron chi connectivity index (χ4n) is 2.64. The summed E-state index contributed by atoms with van der Waals surface area (Å²) < 4.78 is 6.08. The van der Waals surface area contributed by atoms with E-state index >= 15 is 0 Å². The summed E-state index contributed by atoms with van der Waals surface area (Å²) in [7, 11) is 1.55. The van der Waals surface area contributed by atoms with Crippen molar-refractivity contribution in [2.45, 2.75) is 6.42 Å². The van der Waals surface area contributed by atoms with Gasteiger partial charge in [0.1, 0.15) is 11.5 Å². The van der Waals surface area contributed by atoms with E-state index in [-0.39, 0.29) is 18.1 Å². The number of aromatic hydroxyl groups is 1. The van der Waals surface area contributed by atoms with Gasteiger partial charge < -0.3 is 9.84 Å². The Bertz CT molecular complexity index is 1040. The Morgan fingerprint density at radius 2 is 2.07 bits per heavy atom. The first-order valence-electron chi connectivity index (χ1n) is 8.03. The number of benzene rings is 3. The maximum atomic E-state index is 12.2. The van der Waals surface area contributed by atoms with Crippen LogP contribution in [0.1, 0.15) is 11.1 Å². The first-order chi connectivity index (χ1) is 13.0. The van der Waals surface area contributed by atoms with E-state index in [0.29, 0.717) is 21.9 Å². The minimum Gasteiger partial charge on any atom is -0.507 e. The topological polar surface area (TPSA) is 70.9 Å². The molecule has 0 fully saturated rings. The zero-order valence-electron chi connectivity index (χ0n) is 14.4. The molecule has 27 heavy (non-hydrogen) atoms. The number of phenols is 1. The molecule has 3 rings (SSSR count). The van der Waals surface area contributed by atoms with Gasteiger partial charge in [0.05, 0.1) is 19.7 Å². The number of amides is 1. The molecule has 0 bridgehead atoms. The van der Waals surface area contributed by atoms with Crippen molar-refractivity contribution in [3.63, 3.8) is 0 Å². The molecule has 0 unspecified atom stereocenters. The number of hydrogen-bond acceptors (Lipinski definition) is 4. The molecule has 2 N–H and O–H groups in total. The van der Waals surface area contributed by atoms with E-state index < -0.39 is 0 Å². The van der Waals surface area contributed by atoms with Crippen LogP contribution in [-0.4, -0.2) is 24.3 Å². The van der Waals surface area contributed by atoms with Crippen molar-refractivity contribution in [3.05, 3.63) is 69.2 Å². The van der Waals surface area contributed by atoms with Crippen molar-refractivity contribution >= 4 is 50.4 Å². The van der Waals surface area contributed by atoms with Crippen LogP contribution in [0.25, 0.3) is 10.8 Å². The highest BCUT2D eigenvalue weighted by Crippen LogP contribution is 2.28. The highest BCUT2D eigenvalue weighted by atomic mass is 79.9. The molecule has 7 heteroatoms. The fourth-order valence-corrected chi connectivity index (χ4v) is 3.21. The number of halogens is 2. The van der Waals surface area contributed by atoms with Crippen molar-refractivity contribution in [1.82, 2.24) is 5.43 Å². The van der Waals surface area contributed by atoms with E-state index in [9.17, 15) is 9.90 Å². The summed E-state index contributed by atoms with van der Waals surface area (Å²) >= 11 is 9.54. The molecular formula is C20H16BrClN2O3. The Kier molecular flexibility index (Phi) is 5.98. The maximum absolute atomic E-state index is 12.2. The molecule has 3 aromatic rings. The summed E-state index contributed by atoms with van der Waals surface area (Å²) in [4.78, 5) is 12.2. The second-order valence-electron chi connectivity index (χ2n) is 5.79. The van der Waals surface area contributed by atoms with E-state index in [1.54, 1.807) is 31.4 Å². The van der Waals surface area contributed by atoms with Gasteiger partial charge in [-0.1, -0.05) is 39.7 Å². The summed E-state index contributed by atoms with van der Waals surface area (Å²) in [6.45, 7) is 0. The monoisotopic (exact) mass is 446 g/mol. The van der Waals surface area contributed by atoms with Crippen LogP contribution < -0.4 is 10.2 Å². The van der Waals surface area contributed by atoms with Gasteiger partial charge in [0.25, 0.3) is 0 Å². The lowest BCUT2D eigenvalue weighted by Crippen LogP contribution is -2.20. The zero-order valence-corrected chi connectivity index (χ0v) is 16.7. The lowest BCUT2D eigenvalue weighted by Gasteiger charge is -2.07. The van der Waals surface area contributed by atoms with Gasteiger partial charge in [-0.2, -0.15) is 5.10 Å². The first-order valence-corrected chi connectivity index (χ1v) is 9.20. The average molecular weight is 448 g/mol. The van der Waals surface area contributed by atoms with Gasteiger partial charge in [0.15, 0.2) is 0 Å². The maximum Gasteiger partial charge on any atom is 0.244 e. The molecule has 0 saturated carbocycles. The molecule has 0 spiro atoms. The van der Waals surface area contributed by atoms with Crippen molar-refractivity contribution in [3.8, 4) is 11.5 Å². The van der Waals surface area contributed by atoms with Crippen LogP contribution in [0.5, 0.6) is 11.5 Å². The predicted molar refractivity (Wildman–Crippen MR) is 111 cm³/mol. The van der Waals surface area contributed by atoms with Crippen molar-refractivity contribution < 1.29 is 14.6 Å². The van der Waals surface area contributed by atoms with E-state index in [1.165, 1.54) is 6.21 Å². The highest BCUT2D eigenvalue weighted by Gasteiger charge is 2.09. The van der Waals surface area contributed by atoms with E-state index in [2.05, 4.69) is 26.5 Å². The number of rotatable bonds is 5. The number of phenolic OH excluding ortho intramolecular Hbond substituents is 1. The number of hydrogen-bond donors (Lipinski definition) is 2. The second kappa shape index (κ2) is 8.41. The third kappa shape index (κ3) is 4.59. The van der Waals surface area contributed by atoms with Gasteiger partial charge >= 0.3 is 0 Å². The smallest absolute Gasteiger partial charge is 0.244 e. The molecule has 138 valence electrons. The lowest BCUT2D eigenvalue weighted by atomic mass is 10.0. The second-order valence-corrected chi connectivity index (χ2v) is 7.11. The predicted octanol–water partition coefficient (Wildman–Crippen LogP) is 4.66. The zero-order chi connectivity index (χ0) is 19.4. The Balaban J connectivity index is 1.75. The number of nitrogens with zero attached hydrogens (tertiary/aromatic N) is 1. The number of carbonyl (C=O) groups is 1. The summed E-state index contributed by atoms with van der Waals surface area (Å²) in [6.07, 6.45) is 1.48. The molecule has 0 aromatic heterocycles. The number of carbonyl (C=O) groups excluding carboxylic acids is 1. The van der Waals surface area contributed by atoms with Gasteiger partial charge in [0, 0.05) is 15.1 Å². The van der Waals surface area contributed by atoms with E-state index in [1.807, 2.05) is 24.3 Å². The molecule has 0 radical (unpaired) electrons. The van der Waals surface area contributed by atoms with E-state index in [4.69, 9.17) is 16.3 Å². The summed E-state index contributed by atoms with van der Waals surface area (Å²) in [5.41, 5.74) is 3.63. The minimum atomic E-state index is -0.330. The molecule has 0 aliphatic carbocycles.